The Morgan fingerprint density at radius 1 is 0.956 bits per heavy atom. The topological polar surface area (TPSA) is 49.9 Å². The minimum Gasteiger partial charge on any atom is -0.465 e. The summed E-state index contributed by atoms with van der Waals surface area (Å²) in [6.07, 6.45) is 7.22. The largest absolute Gasteiger partial charge is 0.465 e. The lowest BCUT2D eigenvalue weighted by Crippen LogP contribution is -2.35. The van der Waals surface area contributed by atoms with Crippen molar-refractivity contribution in [1.29, 1.82) is 0 Å². The van der Waals surface area contributed by atoms with E-state index in [2.05, 4.69) is 77.4 Å². The molecule has 0 radical (unpaired) electrons. The summed E-state index contributed by atoms with van der Waals surface area (Å²) in [6.45, 7) is 14.4. The maximum atomic E-state index is 12.6. The molecule has 2 aliphatic heterocycles. The van der Waals surface area contributed by atoms with Gasteiger partial charge in [0.15, 0.2) is 0 Å². The second-order valence-electron chi connectivity index (χ2n) is 13.8. The Morgan fingerprint density at radius 2 is 1.76 bits per heavy atom. The first-order valence-electron chi connectivity index (χ1n) is 17.1. The van der Waals surface area contributed by atoms with Crippen LogP contribution in [0.25, 0.3) is 0 Å². The van der Waals surface area contributed by atoms with E-state index in [1.807, 2.05) is 26.8 Å². The summed E-state index contributed by atoms with van der Waals surface area (Å²) in [5, 5.41) is 0. The third-order valence-electron chi connectivity index (χ3n) is 10.3. The van der Waals surface area contributed by atoms with Gasteiger partial charge in [0.2, 0.25) is 0 Å². The number of esters is 1. The smallest absolute Gasteiger partial charge is 0.315 e. The molecule has 3 aromatic rings. The van der Waals surface area contributed by atoms with Gasteiger partial charge in [0.25, 0.3) is 0 Å². The van der Waals surface area contributed by atoms with Crippen molar-refractivity contribution in [3.8, 4) is 0 Å². The zero-order chi connectivity index (χ0) is 31.8. The maximum Gasteiger partial charge on any atom is 0.315 e. The molecule has 0 bridgehead atoms. The molecule has 5 nitrogen and oxygen atoms in total. The maximum absolute atomic E-state index is 12.6. The number of fused-ring (bicyclic) bond motifs is 1. The molecule has 45 heavy (non-hydrogen) atoms. The summed E-state index contributed by atoms with van der Waals surface area (Å²) in [5.74, 6) is 0.799. The molecule has 0 spiro atoms. The van der Waals surface area contributed by atoms with Crippen molar-refractivity contribution in [2.45, 2.75) is 97.2 Å². The van der Waals surface area contributed by atoms with E-state index in [4.69, 9.17) is 4.74 Å². The number of likely N-dealkylation sites (tertiary alicyclic amines) is 1. The SMILES string of the molecule is CCOC(=O)C(C)(C)c1cccc(CN2CCC(C(CCC=O)c3ccc4c(c3)CN(Cc3ccccc3C)CCC4)CC2)c1. The van der Waals surface area contributed by atoms with Crippen molar-refractivity contribution in [2.75, 3.05) is 26.2 Å². The fourth-order valence-corrected chi connectivity index (χ4v) is 7.43. The Kier molecular flexibility index (Phi) is 11.3. The first-order valence-corrected chi connectivity index (χ1v) is 17.1. The summed E-state index contributed by atoms with van der Waals surface area (Å²) in [6, 6.07) is 24.4. The minimum atomic E-state index is -0.670. The van der Waals surface area contributed by atoms with Crippen molar-refractivity contribution < 1.29 is 14.3 Å². The van der Waals surface area contributed by atoms with E-state index in [0.29, 0.717) is 24.9 Å². The number of nitrogens with zero attached hydrogens (tertiary/aromatic N) is 2. The van der Waals surface area contributed by atoms with E-state index in [1.54, 1.807) is 0 Å². The molecule has 1 fully saturated rings. The van der Waals surface area contributed by atoms with Gasteiger partial charge in [-0.1, -0.05) is 66.7 Å². The summed E-state index contributed by atoms with van der Waals surface area (Å²) in [7, 11) is 0. The average Bonchev–Trinajstić information content (AvgIpc) is 3.24. The van der Waals surface area contributed by atoms with Crippen LogP contribution in [0, 0.1) is 12.8 Å². The third-order valence-corrected chi connectivity index (χ3v) is 10.3. The van der Waals surface area contributed by atoms with Crippen molar-refractivity contribution in [1.82, 2.24) is 9.80 Å². The van der Waals surface area contributed by atoms with Crippen LogP contribution in [0.1, 0.15) is 97.7 Å². The molecule has 2 aliphatic rings. The Labute approximate surface area is 271 Å². The number of benzene rings is 3. The summed E-state index contributed by atoms with van der Waals surface area (Å²) in [5.41, 5.74) is 8.73. The zero-order valence-corrected chi connectivity index (χ0v) is 27.9. The fourth-order valence-electron chi connectivity index (χ4n) is 7.43. The summed E-state index contributed by atoms with van der Waals surface area (Å²) in [4.78, 5) is 29.3. The highest BCUT2D eigenvalue weighted by atomic mass is 16.5. The van der Waals surface area contributed by atoms with Gasteiger partial charge in [-0.2, -0.15) is 0 Å². The summed E-state index contributed by atoms with van der Waals surface area (Å²) < 4.78 is 5.35. The molecule has 0 aliphatic carbocycles. The quantitative estimate of drug-likeness (QED) is 0.155. The van der Waals surface area contributed by atoms with Crippen LogP contribution in [0.4, 0.5) is 0 Å². The molecule has 2 heterocycles. The number of hydrogen-bond donors (Lipinski definition) is 0. The van der Waals surface area contributed by atoms with Gasteiger partial charge >= 0.3 is 5.97 Å². The Balaban J connectivity index is 1.25. The van der Waals surface area contributed by atoms with E-state index < -0.39 is 5.41 Å². The lowest BCUT2D eigenvalue weighted by atomic mass is 9.77. The first-order chi connectivity index (χ1) is 21.8. The Bertz CT molecular complexity index is 1440. The van der Waals surface area contributed by atoms with Gasteiger partial charge in [-0.05, 0) is 130 Å². The van der Waals surface area contributed by atoms with E-state index >= 15 is 0 Å². The van der Waals surface area contributed by atoms with Crippen molar-refractivity contribution in [3.05, 3.63) is 106 Å². The molecule has 3 aromatic carbocycles. The molecule has 1 unspecified atom stereocenters. The van der Waals surface area contributed by atoms with Crippen LogP contribution in [0.3, 0.4) is 0 Å². The van der Waals surface area contributed by atoms with Crippen molar-refractivity contribution >= 4 is 12.3 Å². The molecule has 0 amide bonds. The number of hydrogen-bond acceptors (Lipinski definition) is 5. The second kappa shape index (κ2) is 15.3. The van der Waals surface area contributed by atoms with Gasteiger partial charge in [-0.25, -0.2) is 0 Å². The molecule has 0 N–H and O–H groups in total. The normalized spacial score (nSPS) is 17.3. The number of aryl methyl sites for hydroxylation is 2. The van der Waals surface area contributed by atoms with Crippen LogP contribution in [0.15, 0.2) is 66.7 Å². The van der Waals surface area contributed by atoms with E-state index in [1.165, 1.54) is 39.8 Å². The molecule has 0 saturated carbocycles. The second-order valence-corrected chi connectivity index (χ2v) is 13.8. The fraction of sp³-hybridized carbons (Fsp3) is 0.500. The van der Waals surface area contributed by atoms with Gasteiger partial charge in [-0.3, -0.25) is 14.6 Å². The average molecular weight is 609 g/mol. The highest BCUT2D eigenvalue weighted by molar-refractivity contribution is 5.82. The van der Waals surface area contributed by atoms with Crippen molar-refractivity contribution in [3.63, 3.8) is 0 Å². The number of ether oxygens (including phenoxy) is 1. The van der Waals surface area contributed by atoms with Gasteiger partial charge in [-0.15, -0.1) is 0 Å². The highest BCUT2D eigenvalue weighted by Crippen LogP contribution is 2.38. The van der Waals surface area contributed by atoms with Crippen LogP contribution in [0.2, 0.25) is 0 Å². The molecule has 5 heteroatoms. The number of carbonyl (C=O) groups excluding carboxylic acids is 2. The lowest BCUT2D eigenvalue weighted by molar-refractivity contribution is -0.148. The monoisotopic (exact) mass is 608 g/mol. The van der Waals surface area contributed by atoms with Gasteiger partial charge in [0.1, 0.15) is 6.29 Å². The molecule has 0 aromatic heterocycles. The predicted octanol–water partition coefficient (Wildman–Crippen LogP) is 7.76. The first kappa shape index (κ1) is 33.1. The van der Waals surface area contributed by atoms with Gasteiger partial charge in [0.05, 0.1) is 12.0 Å². The van der Waals surface area contributed by atoms with Crippen LogP contribution in [0.5, 0.6) is 0 Å². The standard InChI is InChI=1S/C40H52N2O3/c1-5-45-39(44)40(3,4)37-15-8-12-31(25-37)27-41-22-19-33(20-23-41)38(16-10-24-43)34-18-17-32-14-9-21-42(29-36(32)26-34)28-35-13-7-6-11-30(35)2/h6-8,11-13,15,17-18,24-26,33,38H,5,9-10,14,16,19-23,27-29H2,1-4H3. The Morgan fingerprint density at radius 3 is 2.51 bits per heavy atom. The van der Waals surface area contributed by atoms with E-state index in [0.717, 1.165) is 76.8 Å². The van der Waals surface area contributed by atoms with Crippen LogP contribution in [-0.4, -0.2) is 48.3 Å². The number of aldehydes is 1. The highest BCUT2D eigenvalue weighted by Gasteiger charge is 2.32. The molecule has 240 valence electrons. The van der Waals surface area contributed by atoms with Crippen LogP contribution >= 0.6 is 0 Å². The summed E-state index contributed by atoms with van der Waals surface area (Å²) >= 11 is 0. The molecule has 1 saturated heterocycles. The number of carbonyl (C=O) groups is 2. The molecular weight excluding hydrogens is 556 g/mol. The predicted molar refractivity (Wildman–Crippen MR) is 182 cm³/mol. The van der Waals surface area contributed by atoms with E-state index in [9.17, 15) is 9.59 Å². The number of piperidine rings is 1. The van der Waals surface area contributed by atoms with Crippen LogP contribution < -0.4 is 0 Å². The minimum absolute atomic E-state index is 0.180. The van der Waals surface area contributed by atoms with Gasteiger partial charge < -0.3 is 9.53 Å². The van der Waals surface area contributed by atoms with Crippen LogP contribution in [-0.2, 0) is 45.8 Å². The van der Waals surface area contributed by atoms with Crippen molar-refractivity contribution in [2.24, 2.45) is 5.92 Å². The zero-order valence-electron chi connectivity index (χ0n) is 27.9. The lowest BCUT2D eigenvalue weighted by Gasteiger charge is -2.37. The number of rotatable bonds is 12. The molecule has 5 rings (SSSR count). The molecule has 1 atom stereocenters. The molecular formula is C40H52N2O3. The van der Waals surface area contributed by atoms with E-state index in [-0.39, 0.29) is 5.97 Å². The van der Waals surface area contributed by atoms with Gasteiger partial charge in [0, 0.05) is 26.1 Å². The Hall–Kier alpha value is -3.28. The third kappa shape index (κ3) is 8.31.